The molecular weight excluding hydrogens is 460 g/mol. The Hall–Kier alpha value is -2.81. The Morgan fingerprint density at radius 3 is 2.06 bits per heavy atom. The first-order valence-electron chi connectivity index (χ1n) is 10.5. The summed E-state index contributed by atoms with van der Waals surface area (Å²) < 4.78 is 1.12. The van der Waals surface area contributed by atoms with Gasteiger partial charge in [0.1, 0.15) is 0 Å². The average molecular weight is 477 g/mol. The number of halogens is 1. The molecule has 1 unspecified atom stereocenters. The third-order valence-electron chi connectivity index (χ3n) is 6.77. The molecule has 5 aromatic carbocycles. The van der Waals surface area contributed by atoms with Crippen molar-refractivity contribution in [3.8, 4) is 11.1 Å². The lowest BCUT2D eigenvalue weighted by Crippen LogP contribution is -2.32. The Morgan fingerprint density at radius 1 is 0.516 bits per heavy atom. The molecule has 2 aliphatic rings. The normalized spacial score (nSPS) is 17.8. The van der Waals surface area contributed by atoms with Gasteiger partial charge in [-0.2, -0.15) is 0 Å². The third-order valence-corrected chi connectivity index (χ3v) is 8.41. The summed E-state index contributed by atoms with van der Waals surface area (Å²) >= 11 is 5.66. The lowest BCUT2D eigenvalue weighted by atomic mass is 9.67. The molecule has 0 radical (unpaired) electrons. The molecular formula is C29H17BrS. The van der Waals surface area contributed by atoms with Crippen LogP contribution in [0.1, 0.15) is 22.3 Å². The van der Waals surface area contributed by atoms with Gasteiger partial charge in [0.2, 0.25) is 0 Å². The zero-order valence-corrected chi connectivity index (χ0v) is 19.0. The van der Waals surface area contributed by atoms with Gasteiger partial charge >= 0.3 is 0 Å². The molecule has 0 bridgehead atoms. The van der Waals surface area contributed by atoms with Gasteiger partial charge in [-0.3, -0.25) is 0 Å². The molecule has 31 heavy (non-hydrogen) atoms. The van der Waals surface area contributed by atoms with Gasteiger partial charge < -0.3 is 0 Å². The minimum Gasteiger partial charge on any atom is -0.0894 e. The molecule has 1 spiro atoms. The van der Waals surface area contributed by atoms with Crippen molar-refractivity contribution in [2.24, 2.45) is 0 Å². The highest BCUT2D eigenvalue weighted by Crippen LogP contribution is 2.62. The molecule has 0 saturated carbocycles. The van der Waals surface area contributed by atoms with Crippen LogP contribution < -0.4 is 0 Å². The summed E-state index contributed by atoms with van der Waals surface area (Å²) in [6, 6.07) is 38.2. The fourth-order valence-corrected chi connectivity index (χ4v) is 7.09. The predicted octanol–water partition coefficient (Wildman–Crippen LogP) is 8.43. The summed E-state index contributed by atoms with van der Waals surface area (Å²) in [5.74, 6) is 0. The minimum atomic E-state index is -0.309. The Labute approximate surface area is 194 Å². The lowest BCUT2D eigenvalue weighted by Gasteiger charge is -2.39. The van der Waals surface area contributed by atoms with Gasteiger partial charge in [-0.15, -0.1) is 0 Å². The molecule has 5 aromatic rings. The molecule has 0 nitrogen and oxygen atoms in total. The Balaban J connectivity index is 1.73. The summed E-state index contributed by atoms with van der Waals surface area (Å²) in [6.45, 7) is 0. The van der Waals surface area contributed by atoms with E-state index in [0.717, 1.165) is 4.47 Å². The summed E-state index contributed by atoms with van der Waals surface area (Å²) in [5.41, 5.74) is 7.90. The van der Waals surface area contributed by atoms with Crippen LogP contribution in [0, 0.1) is 0 Å². The standard InChI is InChI=1S/C29H17BrS/c30-20-13-14-28-26(17-20)29(24-11-5-6-12-27(24)31-28)23-10-4-3-9-21(23)22-15-18-7-1-2-8-19(18)16-25(22)29/h1-17H. The summed E-state index contributed by atoms with van der Waals surface area (Å²) in [7, 11) is 0. The Bertz CT molecular complexity index is 1530. The van der Waals surface area contributed by atoms with Crippen molar-refractivity contribution in [1.29, 1.82) is 0 Å². The van der Waals surface area contributed by atoms with Crippen LogP contribution in [0.3, 0.4) is 0 Å². The van der Waals surface area contributed by atoms with E-state index in [9.17, 15) is 0 Å². The van der Waals surface area contributed by atoms with Crippen molar-refractivity contribution in [2.75, 3.05) is 0 Å². The first-order valence-corrected chi connectivity index (χ1v) is 12.1. The van der Waals surface area contributed by atoms with Gasteiger partial charge in [0.05, 0.1) is 5.41 Å². The fourth-order valence-electron chi connectivity index (χ4n) is 5.56. The van der Waals surface area contributed by atoms with Crippen LogP contribution in [0.5, 0.6) is 0 Å². The number of benzene rings is 5. The first-order chi connectivity index (χ1) is 15.3. The number of fused-ring (bicyclic) bond motifs is 10. The largest absolute Gasteiger partial charge is 0.0894 e. The van der Waals surface area contributed by atoms with Crippen LogP contribution in [0.4, 0.5) is 0 Å². The van der Waals surface area contributed by atoms with E-state index < -0.39 is 0 Å². The van der Waals surface area contributed by atoms with E-state index in [-0.39, 0.29) is 5.41 Å². The zero-order valence-electron chi connectivity index (χ0n) is 16.6. The van der Waals surface area contributed by atoms with Crippen molar-refractivity contribution in [1.82, 2.24) is 0 Å². The van der Waals surface area contributed by atoms with Crippen LogP contribution in [0.15, 0.2) is 117 Å². The highest BCUT2D eigenvalue weighted by molar-refractivity contribution is 9.10. The quantitative estimate of drug-likeness (QED) is 0.211. The van der Waals surface area contributed by atoms with E-state index in [1.54, 1.807) is 0 Å². The molecule has 0 N–H and O–H groups in total. The van der Waals surface area contributed by atoms with Crippen molar-refractivity contribution >= 4 is 38.5 Å². The molecule has 7 rings (SSSR count). The predicted molar refractivity (Wildman–Crippen MR) is 133 cm³/mol. The Morgan fingerprint density at radius 2 is 1.19 bits per heavy atom. The highest BCUT2D eigenvalue weighted by atomic mass is 79.9. The van der Waals surface area contributed by atoms with Crippen LogP contribution in [-0.2, 0) is 5.41 Å². The third kappa shape index (κ3) is 2.27. The van der Waals surface area contributed by atoms with E-state index in [1.807, 2.05) is 11.8 Å². The SMILES string of the molecule is Brc1ccc2c(c1)C1(c3ccccc3S2)c2ccccc2-c2cc3ccccc3cc21. The van der Waals surface area contributed by atoms with E-state index in [1.165, 1.54) is 53.9 Å². The van der Waals surface area contributed by atoms with Gasteiger partial charge in [0, 0.05) is 14.3 Å². The number of rotatable bonds is 0. The molecule has 146 valence electrons. The molecule has 0 fully saturated rings. The van der Waals surface area contributed by atoms with Crippen LogP contribution in [0.2, 0.25) is 0 Å². The van der Waals surface area contributed by atoms with E-state index in [2.05, 4.69) is 119 Å². The summed E-state index contributed by atoms with van der Waals surface area (Å²) in [6.07, 6.45) is 0. The van der Waals surface area contributed by atoms with Gasteiger partial charge in [-0.1, -0.05) is 94.4 Å². The molecule has 1 atom stereocenters. The molecule has 1 aliphatic heterocycles. The zero-order chi connectivity index (χ0) is 20.6. The van der Waals surface area contributed by atoms with E-state index in [4.69, 9.17) is 0 Å². The molecule has 0 saturated heterocycles. The van der Waals surface area contributed by atoms with Crippen molar-refractivity contribution < 1.29 is 0 Å². The van der Waals surface area contributed by atoms with Crippen molar-refractivity contribution in [3.05, 3.63) is 130 Å². The summed E-state index contributed by atoms with van der Waals surface area (Å²) in [4.78, 5) is 2.67. The average Bonchev–Trinajstić information content (AvgIpc) is 3.09. The topological polar surface area (TPSA) is 0 Å². The lowest BCUT2D eigenvalue weighted by molar-refractivity contribution is 0.722. The summed E-state index contributed by atoms with van der Waals surface area (Å²) in [5, 5.41) is 2.58. The first kappa shape index (κ1) is 17.8. The van der Waals surface area contributed by atoms with Gasteiger partial charge in [0.25, 0.3) is 0 Å². The molecule has 1 aliphatic carbocycles. The maximum absolute atomic E-state index is 3.77. The van der Waals surface area contributed by atoms with E-state index in [0.29, 0.717) is 0 Å². The second kappa shape index (κ2) is 6.35. The maximum atomic E-state index is 3.77. The molecule has 0 amide bonds. The van der Waals surface area contributed by atoms with Crippen LogP contribution in [0.25, 0.3) is 21.9 Å². The molecule has 2 heteroatoms. The van der Waals surface area contributed by atoms with Crippen LogP contribution in [-0.4, -0.2) is 0 Å². The van der Waals surface area contributed by atoms with Crippen molar-refractivity contribution in [3.63, 3.8) is 0 Å². The second-order valence-corrected chi connectivity index (χ2v) is 10.3. The second-order valence-electron chi connectivity index (χ2n) is 8.28. The fraction of sp³-hybridized carbons (Fsp3) is 0.0345. The van der Waals surface area contributed by atoms with Gasteiger partial charge in [0.15, 0.2) is 0 Å². The maximum Gasteiger partial charge on any atom is 0.0735 e. The Kier molecular flexibility index (Phi) is 3.65. The number of hydrogen-bond donors (Lipinski definition) is 0. The number of hydrogen-bond acceptors (Lipinski definition) is 1. The van der Waals surface area contributed by atoms with Gasteiger partial charge in [-0.25, -0.2) is 0 Å². The highest BCUT2D eigenvalue weighted by Gasteiger charge is 2.50. The minimum absolute atomic E-state index is 0.309. The van der Waals surface area contributed by atoms with Crippen LogP contribution >= 0.6 is 27.7 Å². The molecule has 0 aromatic heterocycles. The molecule has 1 heterocycles. The smallest absolute Gasteiger partial charge is 0.0735 e. The van der Waals surface area contributed by atoms with Crippen molar-refractivity contribution in [2.45, 2.75) is 15.2 Å². The van der Waals surface area contributed by atoms with Gasteiger partial charge in [-0.05, 0) is 80.6 Å². The monoisotopic (exact) mass is 476 g/mol. The van der Waals surface area contributed by atoms with E-state index >= 15 is 0 Å².